The van der Waals surface area contributed by atoms with E-state index in [4.69, 9.17) is 0 Å². The van der Waals surface area contributed by atoms with Crippen LogP contribution < -0.4 is 4.57 Å². The van der Waals surface area contributed by atoms with Crippen molar-refractivity contribution < 1.29 is 4.57 Å². The van der Waals surface area contributed by atoms with Crippen LogP contribution in [0, 0.1) is 0 Å². The molecule has 136 valence electrons. The smallest absolute Gasteiger partial charge is 0.230 e. The molecule has 0 unspecified atom stereocenters. The predicted molar refractivity (Wildman–Crippen MR) is 109 cm³/mol. The largest absolute Gasteiger partial charge is 0.289 e. The van der Waals surface area contributed by atoms with E-state index in [1.54, 1.807) is 0 Å². The lowest BCUT2D eigenvalue weighted by Crippen LogP contribution is -2.35. The molecule has 0 spiro atoms. The monoisotopic (exact) mass is 347 g/mol. The van der Waals surface area contributed by atoms with Gasteiger partial charge in [0.05, 0.1) is 12.1 Å². The van der Waals surface area contributed by atoms with Gasteiger partial charge in [0.15, 0.2) is 0 Å². The van der Waals surface area contributed by atoms with Gasteiger partial charge in [-0.05, 0) is 30.5 Å². The molecule has 0 aliphatic rings. The molecule has 2 nitrogen and oxygen atoms in total. The zero-order valence-corrected chi connectivity index (χ0v) is 16.0. The van der Waals surface area contributed by atoms with Crippen molar-refractivity contribution in [3.8, 4) is 11.4 Å². The molecular formula is C24H31N2+. The van der Waals surface area contributed by atoms with Gasteiger partial charge in [0.1, 0.15) is 18.9 Å². The van der Waals surface area contributed by atoms with Crippen LogP contribution >= 0.6 is 0 Å². The van der Waals surface area contributed by atoms with E-state index in [1.807, 2.05) is 0 Å². The minimum Gasteiger partial charge on any atom is -0.230 e. The van der Waals surface area contributed by atoms with E-state index >= 15 is 0 Å². The van der Waals surface area contributed by atoms with Gasteiger partial charge in [-0.2, -0.15) is 0 Å². The maximum absolute atomic E-state index is 2.43. The average Bonchev–Trinajstić information content (AvgIpc) is 3.08. The highest BCUT2D eigenvalue weighted by atomic mass is 15.1. The number of rotatable bonds is 10. The van der Waals surface area contributed by atoms with Crippen LogP contribution in [0.25, 0.3) is 11.4 Å². The zero-order valence-electron chi connectivity index (χ0n) is 16.0. The SMILES string of the molecule is CCCCCCCCn1cc[n+](Cc2ccccc2)c1-c1ccccc1. The Hall–Kier alpha value is -2.35. The van der Waals surface area contributed by atoms with E-state index in [9.17, 15) is 0 Å². The summed E-state index contributed by atoms with van der Waals surface area (Å²) in [6, 6.07) is 21.5. The van der Waals surface area contributed by atoms with Crippen molar-refractivity contribution in [1.82, 2.24) is 4.57 Å². The molecule has 3 rings (SSSR count). The van der Waals surface area contributed by atoms with E-state index in [1.165, 1.54) is 55.5 Å². The molecular weight excluding hydrogens is 316 g/mol. The summed E-state index contributed by atoms with van der Waals surface area (Å²) >= 11 is 0. The Morgan fingerprint density at radius 1 is 0.769 bits per heavy atom. The molecule has 2 heteroatoms. The molecule has 3 aromatic rings. The highest BCUT2D eigenvalue weighted by Gasteiger charge is 2.19. The van der Waals surface area contributed by atoms with Gasteiger partial charge in [-0.1, -0.05) is 81.1 Å². The van der Waals surface area contributed by atoms with Crippen LogP contribution in [-0.4, -0.2) is 4.57 Å². The summed E-state index contributed by atoms with van der Waals surface area (Å²) in [5, 5.41) is 0. The van der Waals surface area contributed by atoms with Gasteiger partial charge in [-0.15, -0.1) is 0 Å². The molecule has 0 aliphatic carbocycles. The maximum Gasteiger partial charge on any atom is 0.289 e. The van der Waals surface area contributed by atoms with E-state index in [-0.39, 0.29) is 0 Å². The molecule has 0 amide bonds. The summed E-state index contributed by atoms with van der Waals surface area (Å²) in [5.74, 6) is 1.31. The first-order valence-electron chi connectivity index (χ1n) is 10.1. The number of nitrogens with zero attached hydrogens (tertiary/aromatic N) is 2. The summed E-state index contributed by atoms with van der Waals surface area (Å²) < 4.78 is 4.81. The molecule has 0 N–H and O–H groups in total. The number of imidazole rings is 1. The van der Waals surface area contributed by atoms with Gasteiger partial charge in [-0.25, -0.2) is 9.13 Å². The Labute approximate surface area is 158 Å². The van der Waals surface area contributed by atoms with Crippen LogP contribution in [0.5, 0.6) is 0 Å². The third kappa shape index (κ3) is 5.08. The van der Waals surface area contributed by atoms with Crippen LogP contribution in [0.15, 0.2) is 73.1 Å². The van der Waals surface area contributed by atoms with Crippen molar-refractivity contribution in [3.63, 3.8) is 0 Å². The molecule has 2 aromatic carbocycles. The zero-order chi connectivity index (χ0) is 18.0. The highest BCUT2D eigenvalue weighted by molar-refractivity contribution is 5.52. The molecule has 0 aliphatic heterocycles. The first-order valence-corrected chi connectivity index (χ1v) is 10.1. The van der Waals surface area contributed by atoms with E-state index in [2.05, 4.69) is 89.1 Å². The number of aryl methyl sites for hydroxylation is 1. The molecule has 0 fully saturated rings. The lowest BCUT2D eigenvalue weighted by molar-refractivity contribution is -0.676. The van der Waals surface area contributed by atoms with Gasteiger partial charge in [0.25, 0.3) is 5.82 Å². The van der Waals surface area contributed by atoms with Gasteiger partial charge < -0.3 is 0 Å². The Balaban J connectivity index is 1.74. The lowest BCUT2D eigenvalue weighted by Gasteiger charge is -2.06. The fourth-order valence-electron chi connectivity index (χ4n) is 3.54. The lowest BCUT2D eigenvalue weighted by atomic mass is 10.1. The fourth-order valence-corrected chi connectivity index (χ4v) is 3.54. The Kier molecular flexibility index (Phi) is 7.06. The number of unbranched alkanes of at least 4 members (excludes halogenated alkanes) is 5. The van der Waals surface area contributed by atoms with Gasteiger partial charge in [-0.3, -0.25) is 0 Å². The maximum atomic E-state index is 2.43. The minimum absolute atomic E-state index is 0.911. The number of benzene rings is 2. The average molecular weight is 348 g/mol. The molecule has 0 bridgehead atoms. The fraction of sp³-hybridized carbons (Fsp3) is 0.375. The summed E-state index contributed by atoms with van der Waals surface area (Å²) in [6.45, 7) is 4.28. The molecule has 0 saturated carbocycles. The van der Waals surface area contributed by atoms with E-state index < -0.39 is 0 Å². The molecule has 26 heavy (non-hydrogen) atoms. The summed E-state index contributed by atoms with van der Waals surface area (Å²) in [5.41, 5.74) is 2.63. The Bertz CT molecular complexity index is 759. The van der Waals surface area contributed by atoms with Crippen molar-refractivity contribution >= 4 is 0 Å². The van der Waals surface area contributed by atoms with Crippen LogP contribution in [0.4, 0.5) is 0 Å². The van der Waals surface area contributed by atoms with Crippen molar-refractivity contribution in [3.05, 3.63) is 78.6 Å². The van der Waals surface area contributed by atoms with Crippen LogP contribution in [0.3, 0.4) is 0 Å². The van der Waals surface area contributed by atoms with Crippen molar-refractivity contribution in [1.29, 1.82) is 0 Å². The second-order valence-corrected chi connectivity index (χ2v) is 7.06. The van der Waals surface area contributed by atoms with Crippen molar-refractivity contribution in [2.75, 3.05) is 0 Å². The van der Waals surface area contributed by atoms with Crippen LogP contribution in [0.1, 0.15) is 51.0 Å². The standard InChI is InChI=1S/C24H31N2/c1-2-3-4-5-6-13-18-25-19-20-26(21-22-14-9-7-10-15-22)24(25)23-16-11-8-12-17-23/h7-12,14-17,19-20H,2-6,13,18,21H2,1H3/q+1. The van der Waals surface area contributed by atoms with Crippen LogP contribution in [0.2, 0.25) is 0 Å². The molecule has 0 atom stereocenters. The first-order chi connectivity index (χ1) is 12.9. The number of aromatic nitrogens is 2. The second kappa shape index (κ2) is 9.96. The summed E-state index contributed by atoms with van der Waals surface area (Å²) in [4.78, 5) is 0. The van der Waals surface area contributed by atoms with E-state index in [0.29, 0.717) is 0 Å². The molecule has 0 saturated heterocycles. The normalized spacial score (nSPS) is 11.0. The molecule has 1 heterocycles. The Morgan fingerprint density at radius 3 is 2.15 bits per heavy atom. The number of hydrogen-bond donors (Lipinski definition) is 0. The topological polar surface area (TPSA) is 8.81 Å². The van der Waals surface area contributed by atoms with Gasteiger partial charge in [0, 0.05) is 0 Å². The second-order valence-electron chi connectivity index (χ2n) is 7.06. The molecule has 0 radical (unpaired) electrons. The minimum atomic E-state index is 0.911. The number of hydrogen-bond acceptors (Lipinski definition) is 0. The highest BCUT2D eigenvalue weighted by Crippen LogP contribution is 2.17. The van der Waals surface area contributed by atoms with E-state index in [0.717, 1.165) is 13.1 Å². The summed E-state index contributed by atoms with van der Waals surface area (Å²) in [7, 11) is 0. The third-order valence-electron chi connectivity index (χ3n) is 4.95. The van der Waals surface area contributed by atoms with Gasteiger partial charge in [0.2, 0.25) is 0 Å². The van der Waals surface area contributed by atoms with Crippen molar-refractivity contribution in [2.24, 2.45) is 0 Å². The predicted octanol–water partition coefficient (Wildman–Crippen LogP) is 5.85. The molecule has 1 aromatic heterocycles. The Morgan fingerprint density at radius 2 is 1.42 bits per heavy atom. The van der Waals surface area contributed by atoms with Gasteiger partial charge >= 0.3 is 0 Å². The third-order valence-corrected chi connectivity index (χ3v) is 4.95. The van der Waals surface area contributed by atoms with Crippen molar-refractivity contribution in [2.45, 2.75) is 58.5 Å². The quantitative estimate of drug-likeness (QED) is 0.321. The summed E-state index contributed by atoms with van der Waals surface area (Å²) in [6.07, 6.45) is 12.5. The van der Waals surface area contributed by atoms with Crippen LogP contribution in [-0.2, 0) is 13.1 Å². The first kappa shape index (κ1) is 18.4.